The van der Waals surface area contributed by atoms with Crippen molar-refractivity contribution in [3.05, 3.63) is 81.1 Å². The number of rotatable bonds is 6. The fraction of sp³-hybridized carbons (Fsp3) is 0.143. The van der Waals surface area contributed by atoms with Crippen LogP contribution in [-0.2, 0) is 4.79 Å². The zero-order valence-electron chi connectivity index (χ0n) is 15.5. The van der Waals surface area contributed by atoms with Crippen molar-refractivity contribution < 1.29 is 4.79 Å². The van der Waals surface area contributed by atoms with Gasteiger partial charge in [-0.3, -0.25) is 9.59 Å². The monoisotopic (exact) mass is 424 g/mol. The Balaban J connectivity index is 1.74. The molecule has 0 aliphatic rings. The van der Waals surface area contributed by atoms with Crippen LogP contribution in [0.3, 0.4) is 0 Å². The number of nitrogens with one attached hydrogen (secondary N) is 2. The lowest BCUT2D eigenvalue weighted by molar-refractivity contribution is -0.119. The van der Waals surface area contributed by atoms with E-state index >= 15 is 0 Å². The minimum Gasteiger partial charge on any atom is -0.349 e. The van der Waals surface area contributed by atoms with Gasteiger partial charge < -0.3 is 10.3 Å². The van der Waals surface area contributed by atoms with Gasteiger partial charge in [-0.2, -0.15) is 5.26 Å². The molecule has 0 fully saturated rings. The number of H-pyrrole nitrogens is 1. The standard InChI is InChI=1S/C21H17ClN4O2S/c1-13(14-5-3-2-4-6-14)24-18(27)12-29-21-25-19(17(11-23)20(28)26-21)15-7-9-16(22)10-8-15/h2-10,13H,12H2,1H3,(H,24,27)(H,25,26,28)/t13-/m0/s1. The maximum atomic E-state index is 12.3. The van der Waals surface area contributed by atoms with Gasteiger partial charge in [-0.15, -0.1) is 0 Å². The van der Waals surface area contributed by atoms with E-state index < -0.39 is 5.56 Å². The lowest BCUT2D eigenvalue weighted by Crippen LogP contribution is -2.28. The summed E-state index contributed by atoms with van der Waals surface area (Å²) in [6.45, 7) is 1.90. The second-order valence-corrected chi connectivity index (χ2v) is 7.60. The van der Waals surface area contributed by atoms with Crippen LogP contribution in [0.4, 0.5) is 0 Å². The molecule has 0 aliphatic heterocycles. The first-order valence-corrected chi connectivity index (χ1v) is 10.1. The smallest absolute Gasteiger partial charge is 0.270 e. The van der Waals surface area contributed by atoms with E-state index in [0.717, 1.165) is 17.3 Å². The van der Waals surface area contributed by atoms with Gasteiger partial charge in [0.15, 0.2) is 5.16 Å². The lowest BCUT2D eigenvalue weighted by Gasteiger charge is -2.14. The minimum absolute atomic E-state index is 0.0755. The number of aromatic amines is 1. The summed E-state index contributed by atoms with van der Waals surface area (Å²) in [6.07, 6.45) is 0. The van der Waals surface area contributed by atoms with Crippen LogP contribution in [0.2, 0.25) is 5.02 Å². The van der Waals surface area contributed by atoms with E-state index in [0.29, 0.717) is 10.6 Å². The van der Waals surface area contributed by atoms with Crippen molar-refractivity contribution in [2.75, 3.05) is 5.75 Å². The first-order valence-electron chi connectivity index (χ1n) is 8.75. The minimum atomic E-state index is -0.548. The molecule has 0 spiro atoms. The van der Waals surface area contributed by atoms with Crippen LogP contribution in [0.1, 0.15) is 24.1 Å². The van der Waals surface area contributed by atoms with Crippen LogP contribution in [0, 0.1) is 11.3 Å². The number of nitriles is 1. The molecule has 3 rings (SSSR count). The van der Waals surface area contributed by atoms with Crippen LogP contribution >= 0.6 is 23.4 Å². The number of halogens is 1. The molecule has 2 N–H and O–H groups in total. The Hall–Kier alpha value is -3.08. The molecule has 0 aliphatic carbocycles. The van der Waals surface area contributed by atoms with Crippen molar-refractivity contribution in [1.82, 2.24) is 15.3 Å². The molecule has 1 heterocycles. The Kier molecular flexibility index (Phi) is 6.70. The van der Waals surface area contributed by atoms with Crippen LogP contribution in [0.25, 0.3) is 11.3 Å². The summed E-state index contributed by atoms with van der Waals surface area (Å²) in [5.74, 6) is -0.113. The quantitative estimate of drug-likeness (QED) is 0.461. The third kappa shape index (κ3) is 5.25. The zero-order valence-corrected chi connectivity index (χ0v) is 17.1. The Morgan fingerprint density at radius 2 is 1.93 bits per heavy atom. The van der Waals surface area contributed by atoms with Crippen LogP contribution < -0.4 is 10.9 Å². The molecular formula is C21H17ClN4O2S. The zero-order chi connectivity index (χ0) is 20.8. The fourth-order valence-electron chi connectivity index (χ4n) is 2.68. The van der Waals surface area contributed by atoms with E-state index in [-0.39, 0.29) is 34.1 Å². The molecule has 1 amide bonds. The first-order chi connectivity index (χ1) is 14.0. The number of thioether (sulfide) groups is 1. The highest BCUT2D eigenvalue weighted by Crippen LogP contribution is 2.23. The van der Waals surface area contributed by atoms with Gasteiger partial charge in [0, 0.05) is 10.6 Å². The van der Waals surface area contributed by atoms with Crippen molar-refractivity contribution in [1.29, 1.82) is 5.26 Å². The molecule has 3 aromatic rings. The number of aromatic nitrogens is 2. The number of carbonyl (C=O) groups excluding carboxylic acids is 1. The third-order valence-corrected chi connectivity index (χ3v) is 5.27. The molecule has 0 bridgehead atoms. The van der Waals surface area contributed by atoms with Gasteiger partial charge in [0.1, 0.15) is 11.6 Å². The molecule has 2 aromatic carbocycles. The predicted octanol–water partition coefficient (Wildman–Crippen LogP) is 3.93. The van der Waals surface area contributed by atoms with Crippen molar-refractivity contribution >= 4 is 29.3 Å². The summed E-state index contributed by atoms with van der Waals surface area (Å²) in [5, 5.41) is 13.0. The lowest BCUT2D eigenvalue weighted by atomic mass is 10.1. The van der Waals surface area contributed by atoms with Crippen LogP contribution in [-0.4, -0.2) is 21.6 Å². The van der Waals surface area contributed by atoms with Gasteiger partial charge in [-0.1, -0.05) is 65.8 Å². The summed E-state index contributed by atoms with van der Waals surface area (Å²) in [5.41, 5.74) is 1.22. The van der Waals surface area contributed by atoms with Crippen molar-refractivity contribution in [2.24, 2.45) is 0 Å². The van der Waals surface area contributed by atoms with Crippen molar-refractivity contribution in [3.63, 3.8) is 0 Å². The second kappa shape index (κ2) is 9.41. The predicted molar refractivity (Wildman–Crippen MR) is 114 cm³/mol. The number of hydrogen-bond donors (Lipinski definition) is 2. The average molecular weight is 425 g/mol. The van der Waals surface area contributed by atoms with E-state index in [1.165, 1.54) is 0 Å². The Labute approximate surface area is 177 Å². The summed E-state index contributed by atoms with van der Waals surface area (Å²) in [4.78, 5) is 31.5. The molecule has 8 heteroatoms. The Morgan fingerprint density at radius 3 is 2.59 bits per heavy atom. The SMILES string of the molecule is C[C@H](NC(=O)CSc1nc(-c2ccc(Cl)cc2)c(C#N)c(=O)[nH]1)c1ccccc1. The summed E-state index contributed by atoms with van der Waals surface area (Å²) < 4.78 is 0. The van der Waals surface area contributed by atoms with E-state index in [2.05, 4.69) is 15.3 Å². The molecule has 0 unspecified atom stereocenters. The fourth-order valence-corrected chi connectivity index (χ4v) is 3.48. The Morgan fingerprint density at radius 1 is 1.24 bits per heavy atom. The molecule has 1 atom stereocenters. The van der Waals surface area contributed by atoms with E-state index in [9.17, 15) is 14.9 Å². The maximum absolute atomic E-state index is 12.3. The normalized spacial score (nSPS) is 11.5. The molecule has 146 valence electrons. The molecular weight excluding hydrogens is 408 g/mol. The van der Waals surface area contributed by atoms with Crippen LogP contribution in [0.15, 0.2) is 64.5 Å². The van der Waals surface area contributed by atoms with E-state index in [1.54, 1.807) is 24.3 Å². The summed E-state index contributed by atoms with van der Waals surface area (Å²) in [6, 6.07) is 18.1. The van der Waals surface area contributed by atoms with Crippen molar-refractivity contribution in [3.8, 4) is 17.3 Å². The number of hydrogen-bond acceptors (Lipinski definition) is 5. The highest BCUT2D eigenvalue weighted by molar-refractivity contribution is 7.99. The number of carbonyl (C=O) groups is 1. The highest BCUT2D eigenvalue weighted by Gasteiger charge is 2.15. The average Bonchev–Trinajstić information content (AvgIpc) is 2.73. The van der Waals surface area contributed by atoms with E-state index in [1.807, 2.05) is 43.3 Å². The Bertz CT molecular complexity index is 1110. The van der Waals surface area contributed by atoms with E-state index in [4.69, 9.17) is 11.6 Å². The maximum Gasteiger partial charge on any atom is 0.270 e. The largest absolute Gasteiger partial charge is 0.349 e. The number of benzene rings is 2. The molecule has 1 aromatic heterocycles. The number of nitrogens with zero attached hydrogens (tertiary/aromatic N) is 2. The van der Waals surface area contributed by atoms with Gasteiger partial charge in [0.05, 0.1) is 17.5 Å². The van der Waals surface area contributed by atoms with Gasteiger partial charge in [0.2, 0.25) is 5.91 Å². The highest BCUT2D eigenvalue weighted by atomic mass is 35.5. The third-order valence-electron chi connectivity index (χ3n) is 4.14. The van der Waals surface area contributed by atoms with Gasteiger partial charge in [0.25, 0.3) is 5.56 Å². The summed E-state index contributed by atoms with van der Waals surface area (Å²) in [7, 11) is 0. The topological polar surface area (TPSA) is 98.6 Å². The van der Waals surface area contributed by atoms with Gasteiger partial charge in [-0.25, -0.2) is 4.98 Å². The molecule has 0 saturated carbocycles. The molecule has 0 radical (unpaired) electrons. The van der Waals surface area contributed by atoms with Gasteiger partial charge in [-0.05, 0) is 24.6 Å². The molecule has 29 heavy (non-hydrogen) atoms. The first kappa shape index (κ1) is 20.6. The second-order valence-electron chi connectivity index (χ2n) is 6.20. The van der Waals surface area contributed by atoms with Gasteiger partial charge >= 0.3 is 0 Å². The van der Waals surface area contributed by atoms with Crippen LogP contribution in [0.5, 0.6) is 0 Å². The van der Waals surface area contributed by atoms with Crippen molar-refractivity contribution in [2.45, 2.75) is 18.1 Å². The molecule has 6 nitrogen and oxygen atoms in total. The molecule has 0 saturated heterocycles. The number of amides is 1. The summed E-state index contributed by atoms with van der Waals surface area (Å²) >= 11 is 7.00.